The molecule has 3 heteroatoms. The third-order valence-electron chi connectivity index (χ3n) is 4.03. The fraction of sp³-hybridized carbons (Fsp3) is 0.625. The zero-order chi connectivity index (χ0) is 14.4. The largest absolute Gasteiger partial charge is 0.384 e. The van der Waals surface area contributed by atoms with Gasteiger partial charge in [0, 0.05) is 17.8 Å². The van der Waals surface area contributed by atoms with Crippen molar-refractivity contribution in [2.45, 2.75) is 44.0 Å². The maximum absolute atomic E-state index is 10.5. The van der Waals surface area contributed by atoms with Crippen LogP contribution in [0.4, 0.5) is 0 Å². The Morgan fingerprint density at radius 3 is 2.16 bits per heavy atom. The fourth-order valence-electron chi connectivity index (χ4n) is 2.29. The van der Waals surface area contributed by atoms with Crippen molar-refractivity contribution in [3.05, 3.63) is 35.9 Å². The Hall–Kier alpha value is -0.510. The summed E-state index contributed by atoms with van der Waals surface area (Å²) in [6.07, 6.45) is 4.46. The Morgan fingerprint density at radius 1 is 1.11 bits per heavy atom. The third kappa shape index (κ3) is 4.51. The summed E-state index contributed by atoms with van der Waals surface area (Å²) in [7, 11) is 0. The number of hydrogen-bond acceptors (Lipinski definition) is 3. The lowest BCUT2D eigenvalue weighted by Crippen LogP contribution is -2.43. The van der Waals surface area contributed by atoms with E-state index in [9.17, 15) is 5.11 Å². The normalized spacial score (nSPS) is 15.2. The molecule has 1 aromatic rings. The maximum atomic E-state index is 10.5. The van der Waals surface area contributed by atoms with Crippen LogP contribution in [0.2, 0.25) is 0 Å². The van der Waals surface area contributed by atoms with Crippen molar-refractivity contribution >= 4 is 11.8 Å². The number of aliphatic hydroxyl groups is 1. The van der Waals surface area contributed by atoms with Gasteiger partial charge in [-0.3, -0.25) is 0 Å². The van der Waals surface area contributed by atoms with Crippen molar-refractivity contribution in [3.63, 3.8) is 0 Å². The molecule has 0 aliphatic rings. The van der Waals surface area contributed by atoms with Gasteiger partial charge in [-0.2, -0.15) is 11.8 Å². The van der Waals surface area contributed by atoms with Gasteiger partial charge in [0.15, 0.2) is 0 Å². The smallest absolute Gasteiger partial charge is 0.0992 e. The van der Waals surface area contributed by atoms with Crippen LogP contribution in [-0.2, 0) is 5.60 Å². The molecule has 1 unspecified atom stereocenters. The SMILES string of the molecule is CCC(CC)(CNCC(C)(O)c1ccccc1)SC. The van der Waals surface area contributed by atoms with Crippen molar-refractivity contribution in [3.8, 4) is 0 Å². The van der Waals surface area contributed by atoms with E-state index in [0.717, 1.165) is 24.9 Å². The number of benzene rings is 1. The lowest BCUT2D eigenvalue weighted by atomic mass is 9.95. The van der Waals surface area contributed by atoms with Gasteiger partial charge < -0.3 is 10.4 Å². The topological polar surface area (TPSA) is 32.3 Å². The van der Waals surface area contributed by atoms with Gasteiger partial charge in [-0.15, -0.1) is 0 Å². The molecule has 0 aliphatic carbocycles. The molecule has 0 bridgehead atoms. The Morgan fingerprint density at radius 2 is 1.68 bits per heavy atom. The van der Waals surface area contributed by atoms with Crippen molar-refractivity contribution < 1.29 is 5.11 Å². The first-order valence-electron chi connectivity index (χ1n) is 7.03. The molecule has 1 atom stereocenters. The molecule has 2 nitrogen and oxygen atoms in total. The highest BCUT2D eigenvalue weighted by Crippen LogP contribution is 2.30. The summed E-state index contributed by atoms with van der Waals surface area (Å²) in [4.78, 5) is 0. The summed E-state index contributed by atoms with van der Waals surface area (Å²) in [5, 5.41) is 14.0. The van der Waals surface area contributed by atoms with Gasteiger partial charge >= 0.3 is 0 Å². The van der Waals surface area contributed by atoms with Crippen LogP contribution in [0.5, 0.6) is 0 Å². The van der Waals surface area contributed by atoms with Crippen LogP contribution in [0.25, 0.3) is 0 Å². The first kappa shape index (κ1) is 16.5. The molecular formula is C16H27NOS. The van der Waals surface area contributed by atoms with Crippen LogP contribution in [0.15, 0.2) is 30.3 Å². The van der Waals surface area contributed by atoms with Crippen LogP contribution >= 0.6 is 11.8 Å². The molecule has 0 radical (unpaired) electrons. The quantitative estimate of drug-likeness (QED) is 0.766. The fourth-order valence-corrected chi connectivity index (χ4v) is 3.12. The van der Waals surface area contributed by atoms with E-state index in [-0.39, 0.29) is 4.75 Å². The predicted octanol–water partition coefficient (Wildman–Crippen LogP) is 3.41. The van der Waals surface area contributed by atoms with Crippen LogP contribution in [0.1, 0.15) is 39.2 Å². The summed E-state index contributed by atoms with van der Waals surface area (Å²) < 4.78 is 0.284. The molecule has 0 spiro atoms. The Kier molecular flexibility index (Phi) is 6.37. The van der Waals surface area contributed by atoms with Gasteiger partial charge in [0.2, 0.25) is 0 Å². The van der Waals surface area contributed by atoms with Crippen molar-refractivity contribution in [2.24, 2.45) is 0 Å². The second-order valence-corrected chi connectivity index (χ2v) is 6.61. The molecule has 108 valence electrons. The number of thioether (sulfide) groups is 1. The van der Waals surface area contributed by atoms with Gasteiger partial charge in [-0.1, -0.05) is 44.2 Å². The average molecular weight is 281 g/mol. The van der Waals surface area contributed by atoms with Crippen LogP contribution in [-0.4, -0.2) is 29.2 Å². The molecule has 0 saturated carbocycles. The predicted molar refractivity (Wildman–Crippen MR) is 85.7 cm³/mol. The molecule has 2 N–H and O–H groups in total. The zero-order valence-electron chi connectivity index (χ0n) is 12.6. The Balaban J connectivity index is 2.57. The minimum absolute atomic E-state index is 0.284. The van der Waals surface area contributed by atoms with Gasteiger partial charge in [0.1, 0.15) is 0 Å². The molecular weight excluding hydrogens is 254 g/mol. The van der Waals surface area contributed by atoms with E-state index in [1.165, 1.54) is 0 Å². The van der Waals surface area contributed by atoms with Crippen LogP contribution in [0, 0.1) is 0 Å². The number of nitrogens with one attached hydrogen (secondary N) is 1. The minimum atomic E-state index is -0.813. The van der Waals surface area contributed by atoms with E-state index in [4.69, 9.17) is 0 Å². The van der Waals surface area contributed by atoms with E-state index >= 15 is 0 Å². The molecule has 0 heterocycles. The van der Waals surface area contributed by atoms with Gasteiger partial charge in [0.25, 0.3) is 0 Å². The lowest BCUT2D eigenvalue weighted by Gasteiger charge is -2.32. The summed E-state index contributed by atoms with van der Waals surface area (Å²) in [5.74, 6) is 0. The van der Waals surface area contributed by atoms with E-state index in [2.05, 4.69) is 25.4 Å². The average Bonchev–Trinajstić information content (AvgIpc) is 2.45. The highest BCUT2D eigenvalue weighted by atomic mass is 32.2. The second kappa shape index (κ2) is 7.32. The van der Waals surface area contributed by atoms with E-state index in [1.54, 1.807) is 0 Å². The van der Waals surface area contributed by atoms with Crippen molar-refractivity contribution in [2.75, 3.05) is 19.3 Å². The van der Waals surface area contributed by atoms with Crippen molar-refractivity contribution in [1.82, 2.24) is 5.32 Å². The summed E-state index contributed by atoms with van der Waals surface area (Å²) in [5.41, 5.74) is 0.151. The number of rotatable bonds is 8. The molecule has 0 amide bonds. The molecule has 0 aliphatic heterocycles. The highest BCUT2D eigenvalue weighted by Gasteiger charge is 2.27. The molecule has 19 heavy (non-hydrogen) atoms. The summed E-state index contributed by atoms with van der Waals surface area (Å²) in [6, 6.07) is 9.86. The Bertz CT molecular complexity index is 352. The van der Waals surface area contributed by atoms with Crippen molar-refractivity contribution in [1.29, 1.82) is 0 Å². The van der Waals surface area contributed by atoms with Gasteiger partial charge in [-0.25, -0.2) is 0 Å². The molecule has 1 aromatic carbocycles. The summed E-state index contributed by atoms with van der Waals surface area (Å²) in [6.45, 7) is 7.85. The van der Waals surface area contributed by atoms with Crippen LogP contribution in [0.3, 0.4) is 0 Å². The molecule has 0 saturated heterocycles. The highest BCUT2D eigenvalue weighted by molar-refractivity contribution is 8.00. The molecule has 0 aromatic heterocycles. The number of hydrogen-bond donors (Lipinski definition) is 2. The van der Waals surface area contributed by atoms with E-state index in [0.29, 0.717) is 6.54 Å². The molecule has 0 fully saturated rings. The first-order valence-corrected chi connectivity index (χ1v) is 8.26. The minimum Gasteiger partial charge on any atom is -0.384 e. The Labute approximate surface area is 122 Å². The van der Waals surface area contributed by atoms with Gasteiger partial charge in [0.05, 0.1) is 5.60 Å². The second-order valence-electron chi connectivity index (χ2n) is 5.34. The zero-order valence-corrected chi connectivity index (χ0v) is 13.4. The standard InChI is InChI=1S/C16H27NOS/c1-5-16(6-2,19-4)13-17-12-15(3,18)14-10-8-7-9-11-14/h7-11,17-18H,5-6,12-13H2,1-4H3. The first-order chi connectivity index (χ1) is 8.99. The van der Waals surface area contributed by atoms with Crippen LogP contribution < -0.4 is 5.32 Å². The summed E-state index contributed by atoms with van der Waals surface area (Å²) >= 11 is 1.92. The monoisotopic (exact) mass is 281 g/mol. The van der Waals surface area contributed by atoms with E-state index in [1.807, 2.05) is 49.0 Å². The van der Waals surface area contributed by atoms with E-state index < -0.39 is 5.60 Å². The van der Waals surface area contributed by atoms with Gasteiger partial charge in [-0.05, 0) is 31.6 Å². The molecule has 1 rings (SSSR count). The third-order valence-corrected chi connectivity index (χ3v) is 5.62. The lowest BCUT2D eigenvalue weighted by molar-refractivity contribution is 0.0564. The maximum Gasteiger partial charge on any atom is 0.0992 e.